The van der Waals surface area contributed by atoms with Crippen LogP contribution < -0.4 is 4.90 Å². The number of amides is 1. The Morgan fingerprint density at radius 3 is 2.44 bits per heavy atom. The molecule has 0 spiro atoms. The summed E-state index contributed by atoms with van der Waals surface area (Å²) < 4.78 is 38.6. The molecule has 2 aromatic rings. The monoisotopic (exact) mass is 364 g/mol. The fourth-order valence-corrected chi connectivity index (χ4v) is 3.13. The Labute approximate surface area is 145 Å². The van der Waals surface area contributed by atoms with Crippen molar-refractivity contribution in [3.05, 3.63) is 64.6 Å². The number of nitrogens with one attached hydrogen (secondary N) is 1. The molecular formula is C17H11F3N2O2S. The lowest BCUT2D eigenvalue weighted by atomic mass is 10.1. The minimum atomic E-state index is -4.53. The maximum absolute atomic E-state index is 12.9. The zero-order valence-electron chi connectivity index (χ0n) is 12.5. The summed E-state index contributed by atoms with van der Waals surface area (Å²) in [6, 6.07) is 10.4. The lowest BCUT2D eigenvalue weighted by molar-refractivity contribution is -0.137. The van der Waals surface area contributed by atoms with Crippen LogP contribution in [0.25, 0.3) is 6.08 Å². The number of phenols is 1. The van der Waals surface area contributed by atoms with Gasteiger partial charge in [0.25, 0.3) is 5.91 Å². The van der Waals surface area contributed by atoms with Crippen LogP contribution in [0.3, 0.4) is 0 Å². The van der Waals surface area contributed by atoms with Crippen LogP contribution in [0.15, 0.2) is 53.4 Å². The zero-order valence-corrected chi connectivity index (χ0v) is 13.4. The standard InChI is InChI=1S/C17H11F3N2O2S/c18-17(19,20)11-2-1-3-12(9-11)22-15(24)14(25-16(22)21)8-10-4-6-13(23)7-5-10/h1-9,21,23H/b14-8-,21-16?. The number of hydrogen-bond donors (Lipinski definition) is 2. The number of rotatable bonds is 2. The first-order valence-electron chi connectivity index (χ1n) is 7.04. The number of anilines is 1. The first-order chi connectivity index (χ1) is 11.8. The Balaban J connectivity index is 1.93. The van der Waals surface area contributed by atoms with Gasteiger partial charge in [-0.3, -0.25) is 15.1 Å². The Bertz CT molecular complexity index is 876. The second kappa shape index (κ2) is 6.29. The molecular weight excluding hydrogens is 353 g/mol. The molecule has 0 unspecified atom stereocenters. The van der Waals surface area contributed by atoms with Crippen LogP contribution in [0.4, 0.5) is 18.9 Å². The quantitative estimate of drug-likeness (QED) is 0.773. The number of thioether (sulfide) groups is 1. The first kappa shape index (κ1) is 17.1. The molecule has 0 radical (unpaired) electrons. The molecule has 3 rings (SSSR count). The van der Waals surface area contributed by atoms with Crippen molar-refractivity contribution >= 4 is 34.6 Å². The van der Waals surface area contributed by atoms with Crippen molar-refractivity contribution in [2.24, 2.45) is 0 Å². The van der Waals surface area contributed by atoms with Gasteiger partial charge in [0.15, 0.2) is 5.17 Å². The van der Waals surface area contributed by atoms with E-state index in [9.17, 15) is 23.1 Å². The van der Waals surface area contributed by atoms with Crippen LogP contribution >= 0.6 is 11.8 Å². The molecule has 1 fully saturated rings. The summed E-state index contributed by atoms with van der Waals surface area (Å²) in [7, 11) is 0. The number of carbonyl (C=O) groups is 1. The minimum absolute atomic E-state index is 0.00793. The summed E-state index contributed by atoms with van der Waals surface area (Å²) >= 11 is 0.866. The van der Waals surface area contributed by atoms with Crippen LogP contribution in [-0.4, -0.2) is 16.2 Å². The molecule has 1 saturated heterocycles. The highest BCUT2D eigenvalue weighted by atomic mass is 32.2. The highest BCUT2D eigenvalue weighted by Gasteiger charge is 2.36. The number of benzene rings is 2. The van der Waals surface area contributed by atoms with Crippen LogP contribution in [0, 0.1) is 5.41 Å². The van der Waals surface area contributed by atoms with Crippen LogP contribution in [0.5, 0.6) is 5.75 Å². The van der Waals surface area contributed by atoms with Gasteiger partial charge in [-0.2, -0.15) is 13.2 Å². The summed E-state index contributed by atoms with van der Waals surface area (Å²) in [5.74, 6) is -0.492. The van der Waals surface area contributed by atoms with Crippen LogP contribution in [0.1, 0.15) is 11.1 Å². The molecule has 0 aromatic heterocycles. The second-order valence-electron chi connectivity index (χ2n) is 5.20. The van der Waals surface area contributed by atoms with E-state index in [0.717, 1.165) is 28.8 Å². The maximum atomic E-state index is 12.9. The summed E-state index contributed by atoms with van der Waals surface area (Å²) in [6.07, 6.45) is -3.01. The van der Waals surface area contributed by atoms with Gasteiger partial charge in [0, 0.05) is 0 Å². The Morgan fingerprint density at radius 1 is 1.12 bits per heavy atom. The number of alkyl halides is 3. The van der Waals surface area contributed by atoms with Gasteiger partial charge in [0.2, 0.25) is 0 Å². The first-order valence-corrected chi connectivity index (χ1v) is 7.86. The zero-order chi connectivity index (χ0) is 18.2. The van der Waals surface area contributed by atoms with E-state index in [2.05, 4.69) is 0 Å². The summed E-state index contributed by atoms with van der Waals surface area (Å²) in [5, 5.41) is 17.0. The van der Waals surface area contributed by atoms with Crippen molar-refractivity contribution in [1.29, 1.82) is 5.41 Å². The third-order valence-electron chi connectivity index (χ3n) is 3.45. The summed E-state index contributed by atoms with van der Waals surface area (Å²) in [5.41, 5.74) is -0.259. The number of amidine groups is 1. The van der Waals surface area contributed by atoms with Gasteiger partial charge in [-0.1, -0.05) is 18.2 Å². The molecule has 2 aromatic carbocycles. The molecule has 25 heavy (non-hydrogen) atoms. The fourth-order valence-electron chi connectivity index (χ4n) is 2.26. The minimum Gasteiger partial charge on any atom is -0.508 e. The Hall–Kier alpha value is -2.74. The van der Waals surface area contributed by atoms with Crippen LogP contribution in [-0.2, 0) is 11.0 Å². The average Bonchev–Trinajstić information content (AvgIpc) is 2.83. The molecule has 1 amide bonds. The van der Waals surface area contributed by atoms with E-state index in [1.807, 2.05) is 0 Å². The summed E-state index contributed by atoms with van der Waals surface area (Å²) in [6.45, 7) is 0. The van der Waals surface area contributed by atoms with E-state index in [-0.39, 0.29) is 21.5 Å². The predicted molar refractivity (Wildman–Crippen MR) is 90.3 cm³/mol. The van der Waals surface area contributed by atoms with Gasteiger partial charge in [0.1, 0.15) is 5.75 Å². The fraction of sp³-hybridized carbons (Fsp3) is 0.0588. The smallest absolute Gasteiger partial charge is 0.416 e. The highest BCUT2D eigenvalue weighted by molar-refractivity contribution is 8.19. The molecule has 4 nitrogen and oxygen atoms in total. The molecule has 0 aliphatic carbocycles. The molecule has 0 atom stereocenters. The van der Waals surface area contributed by atoms with E-state index in [1.165, 1.54) is 30.3 Å². The van der Waals surface area contributed by atoms with E-state index in [0.29, 0.717) is 5.56 Å². The van der Waals surface area contributed by atoms with Gasteiger partial charge in [-0.05, 0) is 53.7 Å². The third kappa shape index (κ3) is 3.53. The average molecular weight is 364 g/mol. The third-order valence-corrected chi connectivity index (χ3v) is 4.33. The molecule has 1 heterocycles. The number of halogens is 3. The van der Waals surface area contributed by atoms with Gasteiger partial charge >= 0.3 is 6.18 Å². The number of aromatic hydroxyl groups is 1. The molecule has 0 saturated carbocycles. The molecule has 0 bridgehead atoms. The van der Waals surface area contributed by atoms with Gasteiger partial charge in [0.05, 0.1) is 16.2 Å². The largest absolute Gasteiger partial charge is 0.508 e. The Morgan fingerprint density at radius 2 is 1.80 bits per heavy atom. The molecule has 1 aliphatic heterocycles. The topological polar surface area (TPSA) is 64.4 Å². The van der Waals surface area contributed by atoms with Crippen molar-refractivity contribution in [2.45, 2.75) is 6.18 Å². The van der Waals surface area contributed by atoms with E-state index in [1.54, 1.807) is 12.1 Å². The number of carbonyl (C=O) groups excluding carboxylic acids is 1. The van der Waals surface area contributed by atoms with Crippen molar-refractivity contribution in [3.8, 4) is 5.75 Å². The normalized spacial score (nSPS) is 16.8. The van der Waals surface area contributed by atoms with Crippen molar-refractivity contribution in [1.82, 2.24) is 0 Å². The molecule has 128 valence electrons. The van der Waals surface area contributed by atoms with Crippen molar-refractivity contribution in [2.75, 3.05) is 4.90 Å². The molecule has 8 heteroatoms. The lowest BCUT2D eigenvalue weighted by Crippen LogP contribution is -2.28. The number of phenolic OH excluding ortho intramolecular Hbond substituents is 1. The number of nitrogens with zero attached hydrogens (tertiary/aromatic N) is 1. The highest BCUT2D eigenvalue weighted by Crippen LogP contribution is 2.37. The van der Waals surface area contributed by atoms with E-state index in [4.69, 9.17) is 5.41 Å². The second-order valence-corrected chi connectivity index (χ2v) is 6.23. The predicted octanol–water partition coefficient (Wildman–Crippen LogP) is 4.47. The number of hydrogen-bond acceptors (Lipinski definition) is 4. The van der Waals surface area contributed by atoms with Crippen molar-refractivity contribution < 1.29 is 23.1 Å². The lowest BCUT2D eigenvalue weighted by Gasteiger charge is -2.16. The van der Waals surface area contributed by atoms with Gasteiger partial charge in [-0.15, -0.1) is 0 Å². The summed E-state index contributed by atoms with van der Waals surface area (Å²) in [4.78, 5) is 13.7. The maximum Gasteiger partial charge on any atom is 0.416 e. The van der Waals surface area contributed by atoms with Crippen LogP contribution in [0.2, 0.25) is 0 Å². The van der Waals surface area contributed by atoms with Gasteiger partial charge < -0.3 is 5.11 Å². The van der Waals surface area contributed by atoms with Gasteiger partial charge in [-0.25, -0.2) is 0 Å². The van der Waals surface area contributed by atoms with E-state index < -0.39 is 17.6 Å². The Kier molecular flexibility index (Phi) is 4.30. The van der Waals surface area contributed by atoms with Crippen molar-refractivity contribution in [3.63, 3.8) is 0 Å². The molecule has 1 aliphatic rings. The van der Waals surface area contributed by atoms with E-state index >= 15 is 0 Å². The molecule has 2 N–H and O–H groups in total. The SMILES string of the molecule is N=C1S/C(=C\c2ccc(O)cc2)C(=O)N1c1cccc(C(F)(F)F)c1.